The molecule has 0 bridgehead atoms. The van der Waals surface area contributed by atoms with Gasteiger partial charge in [-0.05, 0) is 54.4 Å². The van der Waals surface area contributed by atoms with Gasteiger partial charge in [0.2, 0.25) is 0 Å². The minimum Gasteiger partial charge on any atom is -0.440 e. The second-order valence-corrected chi connectivity index (χ2v) is 6.77. The van der Waals surface area contributed by atoms with Crippen LogP contribution in [0.4, 0.5) is 0 Å². The van der Waals surface area contributed by atoms with Crippen LogP contribution >= 0.6 is 0 Å². The fourth-order valence-corrected chi connectivity index (χ4v) is 2.81. The summed E-state index contributed by atoms with van der Waals surface area (Å²) < 4.78 is 0. The van der Waals surface area contributed by atoms with Crippen molar-refractivity contribution in [1.82, 2.24) is 39.9 Å². The van der Waals surface area contributed by atoms with Gasteiger partial charge in [-0.15, -0.1) is 0 Å². The van der Waals surface area contributed by atoms with Crippen molar-refractivity contribution in [1.29, 1.82) is 0 Å². The maximum Gasteiger partial charge on any atom is 2.00 e. The number of nitrogens with zero attached hydrogens (tertiary/aromatic N) is 10. The smallest absolute Gasteiger partial charge is 0.440 e. The van der Waals surface area contributed by atoms with Crippen molar-refractivity contribution in [2.24, 2.45) is 0 Å². The molecule has 0 fully saturated rings. The molecule has 0 spiro atoms. The summed E-state index contributed by atoms with van der Waals surface area (Å²) in [4.78, 5) is 33.0. The Bertz CT molecular complexity index is 1230. The Morgan fingerprint density at radius 2 is 0.974 bits per heavy atom. The summed E-state index contributed by atoms with van der Waals surface area (Å²) in [5, 5.41) is 0. The zero-order valence-electron chi connectivity index (χ0n) is 20.4. The first-order valence-corrected chi connectivity index (χ1v) is 10.9. The molecule has 196 valence electrons. The maximum absolute atomic E-state index is 6.75. The van der Waals surface area contributed by atoms with Crippen molar-refractivity contribution >= 4 is 0 Å². The van der Waals surface area contributed by atoms with Crippen LogP contribution in [0, 0.1) is 0 Å². The zero-order valence-corrected chi connectivity index (χ0v) is 22.1. The third-order valence-electron chi connectivity index (χ3n) is 4.35. The van der Waals surface area contributed by atoms with E-state index >= 15 is 0 Å². The first kappa shape index (κ1) is 31.9. The summed E-state index contributed by atoms with van der Waals surface area (Å²) in [7, 11) is 0. The van der Waals surface area contributed by atoms with E-state index < -0.39 is 0 Å². The number of aromatic amines is 1. The van der Waals surface area contributed by atoms with E-state index in [1.165, 1.54) is 4.91 Å². The minimum absolute atomic E-state index is 0. The quantitative estimate of drug-likeness (QED) is 0.130. The standard InChI is InChI=1S/2C10H8N2.C6H5N4.N3.H2O.Ru/c2*1-3-7-11-9(5-1)10-6-2-4-8-12-10;1-2-8-5(7-1)6-9-3-4-10-6;1-3-2;;/h2*1-8H;1-4H,(H-,7,8,9,10);;1H2;/q;;2*-1;;+2. The predicted octanol–water partition coefficient (Wildman–Crippen LogP) is 4.76. The monoisotopic (exact) mass is 607 g/mol. The first-order chi connectivity index (χ1) is 18.3. The average Bonchev–Trinajstić information content (AvgIpc) is 3.71. The molecule has 0 aromatic carbocycles. The van der Waals surface area contributed by atoms with Crippen LogP contribution in [0.5, 0.6) is 0 Å². The molecular formula is C26H23N11ORu. The van der Waals surface area contributed by atoms with Gasteiger partial charge in [0.05, 0.1) is 22.8 Å². The van der Waals surface area contributed by atoms with Gasteiger partial charge in [-0.2, -0.15) is 0 Å². The van der Waals surface area contributed by atoms with Gasteiger partial charge in [-0.3, -0.25) is 24.8 Å². The van der Waals surface area contributed by atoms with E-state index in [0.29, 0.717) is 11.6 Å². The van der Waals surface area contributed by atoms with Gasteiger partial charge in [-0.1, -0.05) is 36.7 Å². The number of rotatable bonds is 3. The molecule has 0 atom stereocenters. The van der Waals surface area contributed by atoms with Gasteiger partial charge in [-0.25, -0.2) is 4.98 Å². The summed E-state index contributed by atoms with van der Waals surface area (Å²) in [6.07, 6.45) is 13.8. The Balaban J connectivity index is 0.000000273. The van der Waals surface area contributed by atoms with Gasteiger partial charge >= 0.3 is 19.5 Å². The van der Waals surface area contributed by atoms with E-state index in [1.807, 2.05) is 72.8 Å². The van der Waals surface area contributed by atoms with Crippen LogP contribution in [0.2, 0.25) is 0 Å². The molecule has 6 rings (SSSR count). The number of pyridine rings is 4. The van der Waals surface area contributed by atoms with Crippen molar-refractivity contribution in [2.45, 2.75) is 0 Å². The van der Waals surface area contributed by atoms with Crippen LogP contribution in [0.25, 0.3) is 50.4 Å². The topological polar surface area (TPSA) is 197 Å². The molecule has 0 aliphatic heterocycles. The Morgan fingerprint density at radius 1 is 0.564 bits per heavy atom. The Labute approximate surface area is 237 Å². The third-order valence-corrected chi connectivity index (χ3v) is 4.35. The molecule has 0 aliphatic carbocycles. The molecular weight excluding hydrogens is 583 g/mol. The van der Waals surface area contributed by atoms with Crippen LogP contribution < -0.4 is 4.98 Å². The summed E-state index contributed by atoms with van der Waals surface area (Å²) in [6, 6.07) is 23.2. The number of nitrogens with one attached hydrogen (secondary N) is 1. The Kier molecular flexibility index (Phi) is 15.6. The molecule has 6 aromatic heterocycles. The number of aromatic nitrogens is 8. The van der Waals surface area contributed by atoms with Crippen LogP contribution in [-0.4, -0.2) is 40.4 Å². The SMILES string of the molecule is O.[N-]=[N+]=[N-].[Ru+2].c1c[n-]c(-c2ncc[nH]2)n1.c1ccc(-c2ccccn2)nc1.c1ccc(-c2ccccn2)nc1. The molecule has 0 saturated heterocycles. The van der Waals surface area contributed by atoms with Crippen LogP contribution in [0.15, 0.2) is 122 Å². The molecule has 6 aromatic rings. The maximum atomic E-state index is 6.75. The average molecular weight is 607 g/mol. The number of imidazole rings is 2. The number of hydrogen-bond acceptors (Lipinski definition) is 6. The predicted molar refractivity (Wildman–Crippen MR) is 144 cm³/mol. The van der Waals surface area contributed by atoms with Crippen molar-refractivity contribution < 1.29 is 25.0 Å². The van der Waals surface area contributed by atoms with Gasteiger partial charge < -0.3 is 31.5 Å². The molecule has 6 heterocycles. The first-order valence-electron chi connectivity index (χ1n) is 10.9. The van der Waals surface area contributed by atoms with Gasteiger partial charge in [0, 0.05) is 37.2 Å². The summed E-state index contributed by atoms with van der Waals surface area (Å²) in [6.45, 7) is 0. The minimum atomic E-state index is 0. The fraction of sp³-hybridized carbons (Fsp3) is 0. The molecule has 0 saturated carbocycles. The van der Waals surface area contributed by atoms with E-state index in [9.17, 15) is 0 Å². The third kappa shape index (κ3) is 11.2. The summed E-state index contributed by atoms with van der Waals surface area (Å²) in [5.74, 6) is 1.36. The van der Waals surface area contributed by atoms with Crippen LogP contribution in [-0.2, 0) is 19.5 Å². The van der Waals surface area contributed by atoms with E-state index in [0.717, 1.165) is 22.8 Å². The van der Waals surface area contributed by atoms with E-state index in [1.54, 1.807) is 49.6 Å². The van der Waals surface area contributed by atoms with Crippen molar-refractivity contribution in [3.8, 4) is 34.4 Å². The van der Waals surface area contributed by atoms with Crippen LogP contribution in [0.3, 0.4) is 0 Å². The molecule has 13 heteroatoms. The Morgan fingerprint density at radius 3 is 1.23 bits per heavy atom. The number of H-pyrrole nitrogens is 1. The van der Waals surface area contributed by atoms with Gasteiger partial charge in [0.15, 0.2) is 0 Å². The van der Waals surface area contributed by atoms with E-state index in [4.69, 9.17) is 11.1 Å². The van der Waals surface area contributed by atoms with Gasteiger partial charge in [0.1, 0.15) is 5.82 Å². The fourth-order valence-electron chi connectivity index (χ4n) is 2.81. The van der Waals surface area contributed by atoms with Crippen LogP contribution in [0.1, 0.15) is 0 Å². The summed E-state index contributed by atoms with van der Waals surface area (Å²) in [5.41, 5.74) is 17.2. The second kappa shape index (κ2) is 19.1. The van der Waals surface area contributed by atoms with Crippen molar-refractivity contribution in [3.63, 3.8) is 0 Å². The molecule has 0 unspecified atom stereocenters. The largest absolute Gasteiger partial charge is 2.00 e. The Hall–Kier alpha value is -5.09. The van der Waals surface area contributed by atoms with Gasteiger partial charge in [0.25, 0.3) is 0 Å². The summed E-state index contributed by atoms with van der Waals surface area (Å²) >= 11 is 0. The second-order valence-electron chi connectivity index (χ2n) is 6.77. The molecule has 3 N–H and O–H groups in total. The zero-order chi connectivity index (χ0) is 26.0. The number of hydrogen-bond donors (Lipinski definition) is 1. The van der Waals surface area contributed by atoms with Crippen molar-refractivity contribution in [2.75, 3.05) is 0 Å². The molecule has 12 nitrogen and oxygen atoms in total. The molecule has 39 heavy (non-hydrogen) atoms. The van der Waals surface area contributed by atoms with E-state index in [-0.39, 0.29) is 25.0 Å². The molecule has 0 amide bonds. The molecule has 0 aliphatic rings. The van der Waals surface area contributed by atoms with E-state index in [2.05, 4.69) is 39.9 Å². The van der Waals surface area contributed by atoms with Crippen molar-refractivity contribution in [3.05, 3.63) is 138 Å². The normalized spacial score (nSPS) is 8.72. The molecule has 0 radical (unpaired) electrons.